The van der Waals surface area contributed by atoms with Gasteiger partial charge in [-0.2, -0.15) is 0 Å². The van der Waals surface area contributed by atoms with Crippen LogP contribution in [-0.2, 0) is 11.2 Å². The summed E-state index contributed by atoms with van der Waals surface area (Å²) in [5.74, 6) is 1.38. The minimum Gasteiger partial charge on any atom is -0.441 e. The van der Waals surface area contributed by atoms with Crippen LogP contribution in [0.2, 0.25) is 0 Å². The van der Waals surface area contributed by atoms with Crippen molar-refractivity contribution >= 4 is 16.9 Å². The van der Waals surface area contributed by atoms with Crippen LogP contribution in [0, 0.1) is 0 Å². The third kappa shape index (κ3) is 4.85. The summed E-state index contributed by atoms with van der Waals surface area (Å²) in [4.78, 5) is 24.6. The summed E-state index contributed by atoms with van der Waals surface area (Å²) in [7, 11) is 0. The first kappa shape index (κ1) is 20.7. The van der Waals surface area contributed by atoms with Gasteiger partial charge in [-0.25, -0.2) is 9.97 Å². The normalized spacial score (nSPS) is 12.0. The van der Waals surface area contributed by atoms with Gasteiger partial charge in [-0.15, -0.1) is 0 Å². The van der Waals surface area contributed by atoms with E-state index in [1.54, 1.807) is 12.5 Å². The van der Waals surface area contributed by atoms with Crippen molar-refractivity contribution in [3.63, 3.8) is 0 Å². The summed E-state index contributed by atoms with van der Waals surface area (Å²) in [5.41, 5.74) is 4.88. The average Bonchev–Trinajstić information content (AvgIpc) is 3.53. The van der Waals surface area contributed by atoms with Crippen molar-refractivity contribution in [2.75, 3.05) is 0 Å². The quantitative estimate of drug-likeness (QED) is 0.339. The molecule has 0 saturated carbocycles. The number of oxazole rings is 1. The lowest BCUT2D eigenvalue weighted by molar-refractivity contribution is -0.121. The minimum absolute atomic E-state index is 0.0107. The SMILES string of the molecule is O=C(CCCc1ncc(-c2ccccc2)o1)NC(c1ccccc1)c1ccc2nc[nH]c2c1. The molecule has 2 heterocycles. The van der Waals surface area contributed by atoms with Crippen molar-refractivity contribution in [3.05, 3.63) is 108 Å². The van der Waals surface area contributed by atoms with Gasteiger partial charge in [0.25, 0.3) is 0 Å². The average molecular weight is 437 g/mol. The third-order valence-corrected chi connectivity index (χ3v) is 5.62. The van der Waals surface area contributed by atoms with E-state index in [2.05, 4.69) is 20.3 Å². The predicted molar refractivity (Wildman–Crippen MR) is 127 cm³/mol. The molecule has 0 bridgehead atoms. The Morgan fingerprint density at radius 2 is 1.73 bits per heavy atom. The number of fused-ring (bicyclic) bond motifs is 1. The van der Waals surface area contributed by atoms with E-state index in [1.807, 2.05) is 78.9 Å². The molecule has 5 rings (SSSR count). The van der Waals surface area contributed by atoms with Gasteiger partial charge in [-0.3, -0.25) is 4.79 Å². The number of aromatic amines is 1. The van der Waals surface area contributed by atoms with Crippen molar-refractivity contribution in [2.24, 2.45) is 0 Å². The summed E-state index contributed by atoms with van der Waals surface area (Å²) in [5, 5.41) is 3.20. The van der Waals surface area contributed by atoms with Gasteiger partial charge in [-0.05, 0) is 29.7 Å². The summed E-state index contributed by atoms with van der Waals surface area (Å²) in [6, 6.07) is 25.7. The molecule has 1 unspecified atom stereocenters. The molecule has 164 valence electrons. The molecule has 6 heteroatoms. The first-order valence-corrected chi connectivity index (χ1v) is 11.0. The Hall–Kier alpha value is -4.19. The van der Waals surface area contributed by atoms with E-state index in [1.165, 1.54) is 0 Å². The van der Waals surface area contributed by atoms with Gasteiger partial charge in [0.1, 0.15) is 0 Å². The highest BCUT2D eigenvalue weighted by molar-refractivity contribution is 5.78. The lowest BCUT2D eigenvalue weighted by Crippen LogP contribution is -2.29. The first-order valence-electron chi connectivity index (χ1n) is 11.0. The molecule has 1 amide bonds. The minimum atomic E-state index is -0.238. The summed E-state index contributed by atoms with van der Waals surface area (Å²) in [6.45, 7) is 0. The molecule has 2 N–H and O–H groups in total. The number of rotatable bonds is 8. The second-order valence-electron chi connectivity index (χ2n) is 7.93. The molecule has 0 aliphatic rings. The second-order valence-corrected chi connectivity index (χ2v) is 7.93. The Morgan fingerprint density at radius 1 is 0.939 bits per heavy atom. The summed E-state index contributed by atoms with van der Waals surface area (Å²) >= 11 is 0. The van der Waals surface area contributed by atoms with Crippen molar-refractivity contribution < 1.29 is 9.21 Å². The largest absolute Gasteiger partial charge is 0.441 e. The van der Waals surface area contributed by atoms with Crippen molar-refractivity contribution in [3.8, 4) is 11.3 Å². The molecule has 0 aliphatic carbocycles. The fraction of sp³-hybridized carbons (Fsp3) is 0.148. The lowest BCUT2D eigenvalue weighted by atomic mass is 9.98. The zero-order valence-corrected chi connectivity index (χ0v) is 18.1. The Bertz CT molecular complexity index is 1340. The van der Waals surface area contributed by atoms with Gasteiger partial charge in [0.2, 0.25) is 5.91 Å². The van der Waals surface area contributed by atoms with E-state index >= 15 is 0 Å². The zero-order chi connectivity index (χ0) is 22.5. The van der Waals surface area contributed by atoms with Crippen molar-refractivity contribution in [1.82, 2.24) is 20.3 Å². The number of benzene rings is 3. The van der Waals surface area contributed by atoms with Gasteiger partial charge < -0.3 is 14.7 Å². The Morgan fingerprint density at radius 3 is 2.55 bits per heavy atom. The fourth-order valence-electron chi connectivity index (χ4n) is 3.93. The molecule has 2 aromatic heterocycles. The van der Waals surface area contributed by atoms with Crippen molar-refractivity contribution in [1.29, 1.82) is 0 Å². The number of amides is 1. The van der Waals surface area contributed by atoms with Crippen LogP contribution in [-0.4, -0.2) is 20.9 Å². The van der Waals surface area contributed by atoms with E-state index in [4.69, 9.17) is 4.42 Å². The maximum absolute atomic E-state index is 12.8. The van der Waals surface area contributed by atoms with Crippen LogP contribution >= 0.6 is 0 Å². The number of nitrogens with one attached hydrogen (secondary N) is 2. The third-order valence-electron chi connectivity index (χ3n) is 5.62. The van der Waals surface area contributed by atoms with E-state index < -0.39 is 0 Å². The molecule has 33 heavy (non-hydrogen) atoms. The Kier molecular flexibility index (Phi) is 5.97. The Balaban J connectivity index is 1.24. The molecular weight excluding hydrogens is 412 g/mol. The van der Waals surface area contributed by atoms with Gasteiger partial charge in [0, 0.05) is 18.4 Å². The van der Waals surface area contributed by atoms with Gasteiger partial charge >= 0.3 is 0 Å². The lowest BCUT2D eigenvalue weighted by Gasteiger charge is -2.20. The molecule has 0 radical (unpaired) electrons. The molecule has 0 spiro atoms. The van der Waals surface area contributed by atoms with Crippen LogP contribution in [0.3, 0.4) is 0 Å². The number of imidazole rings is 1. The second kappa shape index (κ2) is 9.53. The predicted octanol–water partition coefficient (Wildman–Crippen LogP) is 5.45. The van der Waals surface area contributed by atoms with Crippen molar-refractivity contribution in [2.45, 2.75) is 25.3 Å². The van der Waals surface area contributed by atoms with E-state index in [-0.39, 0.29) is 11.9 Å². The number of aryl methyl sites for hydroxylation is 1. The molecule has 0 saturated heterocycles. The number of carbonyl (C=O) groups is 1. The number of aromatic nitrogens is 3. The first-order chi connectivity index (χ1) is 16.3. The number of H-pyrrole nitrogens is 1. The molecule has 3 aromatic carbocycles. The van der Waals surface area contributed by atoms with E-state index in [0.29, 0.717) is 25.2 Å². The number of hydrogen-bond donors (Lipinski definition) is 2. The van der Waals surface area contributed by atoms with Gasteiger partial charge in [0.15, 0.2) is 11.7 Å². The standard InChI is InChI=1S/C27H24N4O2/c32-25(12-7-13-26-28-17-24(33-26)19-8-3-1-4-9-19)31-27(20-10-5-2-6-11-20)21-14-15-22-23(16-21)30-18-29-22/h1-6,8-11,14-18,27H,7,12-13H2,(H,29,30)(H,31,32). The van der Waals surface area contributed by atoms with E-state index in [0.717, 1.165) is 33.5 Å². The van der Waals surface area contributed by atoms with Crippen LogP contribution < -0.4 is 5.32 Å². The number of nitrogens with zero attached hydrogens (tertiary/aromatic N) is 2. The zero-order valence-electron chi connectivity index (χ0n) is 18.1. The monoisotopic (exact) mass is 436 g/mol. The highest BCUT2D eigenvalue weighted by atomic mass is 16.4. The molecule has 0 aliphatic heterocycles. The van der Waals surface area contributed by atoms with Gasteiger partial charge in [-0.1, -0.05) is 66.7 Å². The molecule has 5 aromatic rings. The van der Waals surface area contributed by atoms with Crippen LogP contribution in [0.25, 0.3) is 22.4 Å². The highest BCUT2D eigenvalue weighted by Gasteiger charge is 2.18. The van der Waals surface area contributed by atoms with Crippen LogP contribution in [0.5, 0.6) is 0 Å². The number of hydrogen-bond acceptors (Lipinski definition) is 4. The maximum Gasteiger partial charge on any atom is 0.220 e. The van der Waals surface area contributed by atoms with Crippen LogP contribution in [0.15, 0.2) is 95.8 Å². The molecule has 6 nitrogen and oxygen atoms in total. The highest BCUT2D eigenvalue weighted by Crippen LogP contribution is 2.25. The summed E-state index contributed by atoms with van der Waals surface area (Å²) < 4.78 is 5.85. The smallest absolute Gasteiger partial charge is 0.220 e. The summed E-state index contributed by atoms with van der Waals surface area (Å²) in [6.07, 6.45) is 5.06. The van der Waals surface area contributed by atoms with Crippen LogP contribution in [0.1, 0.15) is 35.9 Å². The van der Waals surface area contributed by atoms with Gasteiger partial charge in [0.05, 0.1) is 29.6 Å². The fourth-order valence-corrected chi connectivity index (χ4v) is 3.93. The van der Waals surface area contributed by atoms with Crippen LogP contribution in [0.4, 0.5) is 0 Å². The topological polar surface area (TPSA) is 83.8 Å². The number of carbonyl (C=O) groups excluding carboxylic acids is 1. The maximum atomic E-state index is 12.8. The molecule has 0 fully saturated rings. The van der Waals surface area contributed by atoms with E-state index in [9.17, 15) is 4.79 Å². The molecule has 1 atom stereocenters. The molecular formula is C27H24N4O2. The Labute approximate surface area is 191 Å².